The van der Waals surface area contributed by atoms with Crippen LogP contribution in [0.3, 0.4) is 0 Å². The fourth-order valence-electron chi connectivity index (χ4n) is 2.34. The van der Waals surface area contributed by atoms with Crippen LogP contribution in [0.15, 0.2) is 6.07 Å². The molecule has 1 fully saturated rings. The molecule has 0 spiro atoms. The van der Waals surface area contributed by atoms with E-state index in [9.17, 15) is 13.2 Å². The molecule has 0 saturated carbocycles. The highest BCUT2D eigenvalue weighted by atomic mass is 32.2. The van der Waals surface area contributed by atoms with Gasteiger partial charge in [0.15, 0.2) is 9.84 Å². The Bertz CT molecular complexity index is 646. The monoisotopic (exact) mass is 315 g/mol. The lowest BCUT2D eigenvalue weighted by Crippen LogP contribution is -2.40. The molecule has 0 aliphatic carbocycles. The maximum Gasteiger partial charge on any atom is 0.323 e. The Morgan fingerprint density at radius 2 is 2.24 bits per heavy atom. The van der Waals surface area contributed by atoms with Crippen molar-refractivity contribution < 1.29 is 23.1 Å². The summed E-state index contributed by atoms with van der Waals surface area (Å²) in [6, 6.07) is 1.12. The van der Waals surface area contributed by atoms with E-state index in [-0.39, 0.29) is 18.1 Å². The third-order valence-corrected chi connectivity index (χ3v) is 5.01. The van der Waals surface area contributed by atoms with Crippen LogP contribution in [0.1, 0.15) is 12.2 Å². The highest BCUT2D eigenvalue weighted by Crippen LogP contribution is 2.25. The summed E-state index contributed by atoms with van der Waals surface area (Å²) in [6.45, 7) is 1.34. The van der Waals surface area contributed by atoms with Crippen molar-refractivity contribution in [2.75, 3.05) is 30.1 Å². The number of carboxylic acids is 1. The zero-order valence-corrected chi connectivity index (χ0v) is 12.6. The summed E-state index contributed by atoms with van der Waals surface area (Å²) in [4.78, 5) is 20.8. The summed E-state index contributed by atoms with van der Waals surface area (Å²) in [5.74, 6) is 0.0633. The standard InChI is InChI=1S/C12H17N3O5S/c1-8-13-10(5-11(14-8)20-2)15(6-12(16)17)9-3-4-21(18,19)7-9/h5,9H,3-4,6-7H2,1-2H3,(H,16,17). The Hall–Kier alpha value is -1.90. The summed E-state index contributed by atoms with van der Waals surface area (Å²) < 4.78 is 28.3. The largest absolute Gasteiger partial charge is 0.481 e. The molecule has 21 heavy (non-hydrogen) atoms. The highest BCUT2D eigenvalue weighted by molar-refractivity contribution is 7.91. The predicted octanol–water partition coefficient (Wildman–Crippen LogP) is -0.128. The van der Waals surface area contributed by atoms with Crippen molar-refractivity contribution in [2.45, 2.75) is 19.4 Å². The number of ether oxygens (including phenoxy) is 1. The average Bonchev–Trinajstić information content (AvgIpc) is 2.75. The number of aromatic nitrogens is 2. The number of rotatable bonds is 5. The van der Waals surface area contributed by atoms with E-state index < -0.39 is 21.8 Å². The van der Waals surface area contributed by atoms with Gasteiger partial charge in [0.1, 0.15) is 18.2 Å². The van der Waals surface area contributed by atoms with Crippen molar-refractivity contribution in [3.8, 4) is 5.88 Å². The van der Waals surface area contributed by atoms with Crippen molar-refractivity contribution in [1.29, 1.82) is 0 Å². The molecule has 116 valence electrons. The van der Waals surface area contributed by atoms with Gasteiger partial charge < -0.3 is 14.7 Å². The van der Waals surface area contributed by atoms with Crippen LogP contribution in [0, 0.1) is 6.92 Å². The van der Waals surface area contributed by atoms with Crippen LogP contribution in [0.2, 0.25) is 0 Å². The Labute approximate surface area is 122 Å². The second-order valence-electron chi connectivity index (χ2n) is 4.89. The smallest absolute Gasteiger partial charge is 0.323 e. The first kappa shape index (κ1) is 15.5. The van der Waals surface area contributed by atoms with Crippen molar-refractivity contribution in [3.05, 3.63) is 11.9 Å². The fraction of sp³-hybridized carbons (Fsp3) is 0.583. The van der Waals surface area contributed by atoms with Crippen molar-refractivity contribution >= 4 is 21.6 Å². The minimum Gasteiger partial charge on any atom is -0.481 e. The molecule has 1 aliphatic rings. The molecule has 0 radical (unpaired) electrons. The molecule has 1 N–H and O–H groups in total. The molecule has 1 saturated heterocycles. The molecule has 0 amide bonds. The molecular weight excluding hydrogens is 298 g/mol. The van der Waals surface area contributed by atoms with Crippen LogP contribution in [-0.4, -0.2) is 60.7 Å². The topological polar surface area (TPSA) is 110 Å². The Morgan fingerprint density at radius 1 is 1.52 bits per heavy atom. The molecule has 0 aromatic carbocycles. The van der Waals surface area contributed by atoms with Crippen LogP contribution < -0.4 is 9.64 Å². The van der Waals surface area contributed by atoms with Crippen molar-refractivity contribution in [2.24, 2.45) is 0 Å². The number of aliphatic carboxylic acids is 1. The lowest BCUT2D eigenvalue weighted by atomic mass is 10.2. The van der Waals surface area contributed by atoms with Gasteiger partial charge in [-0.1, -0.05) is 0 Å². The van der Waals surface area contributed by atoms with E-state index in [0.29, 0.717) is 23.9 Å². The number of hydrogen-bond acceptors (Lipinski definition) is 7. The van der Waals surface area contributed by atoms with Gasteiger partial charge in [-0.2, -0.15) is 4.98 Å². The second kappa shape index (κ2) is 5.84. The van der Waals surface area contributed by atoms with Crippen molar-refractivity contribution in [3.63, 3.8) is 0 Å². The zero-order chi connectivity index (χ0) is 15.6. The summed E-state index contributed by atoms with van der Waals surface area (Å²) in [5, 5.41) is 9.07. The van der Waals surface area contributed by atoms with Gasteiger partial charge in [0.25, 0.3) is 0 Å². The average molecular weight is 315 g/mol. The molecule has 1 aromatic rings. The minimum atomic E-state index is -3.12. The minimum absolute atomic E-state index is 0.0638. The molecule has 1 unspecified atom stereocenters. The number of sulfone groups is 1. The number of carboxylic acid groups (broad SMARTS) is 1. The quantitative estimate of drug-likeness (QED) is 0.800. The van der Waals surface area contributed by atoms with Gasteiger partial charge in [0, 0.05) is 12.1 Å². The first-order valence-corrected chi connectivity index (χ1v) is 8.21. The summed E-state index contributed by atoms with van der Waals surface area (Å²) >= 11 is 0. The normalized spacial score (nSPS) is 20.2. The SMILES string of the molecule is COc1cc(N(CC(=O)O)C2CCS(=O)(=O)C2)nc(C)n1. The molecule has 1 aromatic heterocycles. The zero-order valence-electron chi connectivity index (χ0n) is 11.8. The van der Waals surface area contributed by atoms with E-state index >= 15 is 0 Å². The molecular formula is C12H17N3O5S. The number of anilines is 1. The summed E-state index contributed by atoms with van der Waals surface area (Å²) in [5.41, 5.74) is 0. The summed E-state index contributed by atoms with van der Waals surface area (Å²) in [7, 11) is -1.67. The fourth-order valence-corrected chi connectivity index (χ4v) is 4.07. The van der Waals surface area contributed by atoms with E-state index in [4.69, 9.17) is 9.84 Å². The molecule has 1 aliphatic heterocycles. The Morgan fingerprint density at radius 3 is 2.76 bits per heavy atom. The van der Waals surface area contributed by atoms with Crippen LogP contribution in [0.4, 0.5) is 5.82 Å². The molecule has 1 atom stereocenters. The Kier molecular flexibility index (Phi) is 4.31. The van der Waals surface area contributed by atoms with E-state index in [1.807, 2.05) is 0 Å². The van der Waals surface area contributed by atoms with Crippen LogP contribution in [0.5, 0.6) is 5.88 Å². The third-order valence-electron chi connectivity index (χ3n) is 3.26. The number of carbonyl (C=O) groups is 1. The van der Waals surface area contributed by atoms with Crippen LogP contribution >= 0.6 is 0 Å². The molecule has 2 heterocycles. The number of nitrogens with zero attached hydrogens (tertiary/aromatic N) is 3. The lowest BCUT2D eigenvalue weighted by Gasteiger charge is -2.27. The van der Waals surface area contributed by atoms with Gasteiger partial charge in [-0.3, -0.25) is 4.79 Å². The van der Waals surface area contributed by atoms with Crippen LogP contribution in [-0.2, 0) is 14.6 Å². The molecule has 9 heteroatoms. The predicted molar refractivity (Wildman–Crippen MR) is 75.4 cm³/mol. The van der Waals surface area contributed by atoms with Crippen LogP contribution in [0.25, 0.3) is 0 Å². The number of hydrogen-bond donors (Lipinski definition) is 1. The first-order valence-electron chi connectivity index (χ1n) is 6.39. The number of aryl methyl sites for hydroxylation is 1. The van der Waals surface area contributed by atoms with E-state index in [0.717, 1.165) is 0 Å². The maximum atomic E-state index is 11.6. The third kappa shape index (κ3) is 3.81. The van der Waals surface area contributed by atoms with E-state index in [2.05, 4.69) is 9.97 Å². The van der Waals surface area contributed by atoms with Gasteiger partial charge in [-0.05, 0) is 13.3 Å². The highest BCUT2D eigenvalue weighted by Gasteiger charge is 2.34. The summed E-state index contributed by atoms with van der Waals surface area (Å²) in [6.07, 6.45) is 0.390. The van der Waals surface area contributed by atoms with Gasteiger partial charge in [0.05, 0.1) is 18.6 Å². The number of methoxy groups -OCH3 is 1. The first-order chi connectivity index (χ1) is 9.80. The maximum absolute atomic E-state index is 11.6. The van der Waals surface area contributed by atoms with Gasteiger partial charge >= 0.3 is 5.97 Å². The van der Waals surface area contributed by atoms with Gasteiger partial charge in [0.2, 0.25) is 5.88 Å². The van der Waals surface area contributed by atoms with E-state index in [1.54, 1.807) is 6.92 Å². The van der Waals surface area contributed by atoms with E-state index in [1.165, 1.54) is 18.1 Å². The second-order valence-corrected chi connectivity index (χ2v) is 7.12. The van der Waals surface area contributed by atoms with Crippen molar-refractivity contribution in [1.82, 2.24) is 9.97 Å². The van der Waals surface area contributed by atoms with Gasteiger partial charge in [-0.15, -0.1) is 0 Å². The molecule has 8 nitrogen and oxygen atoms in total. The van der Waals surface area contributed by atoms with Gasteiger partial charge in [-0.25, -0.2) is 13.4 Å². The molecule has 2 rings (SSSR count). The molecule has 0 bridgehead atoms. The Balaban J connectivity index is 2.36. The lowest BCUT2D eigenvalue weighted by molar-refractivity contribution is -0.135.